The molecule has 7 heteroatoms. The van der Waals surface area contributed by atoms with E-state index in [1.165, 1.54) is 9.80 Å². The fourth-order valence-corrected chi connectivity index (χ4v) is 3.44. The number of carbonyl (C=O) groups excluding carboxylic acids is 2. The summed E-state index contributed by atoms with van der Waals surface area (Å²) in [7, 11) is 1.67. The number of imidazole rings is 1. The number of fused-ring (bicyclic) bond motifs is 3. The summed E-state index contributed by atoms with van der Waals surface area (Å²) in [5, 5.41) is 0. The Morgan fingerprint density at radius 3 is 2.64 bits per heavy atom. The van der Waals surface area contributed by atoms with Crippen LogP contribution in [0.1, 0.15) is 28.6 Å². The second-order valence-electron chi connectivity index (χ2n) is 6.59. The topological polar surface area (TPSA) is 72.7 Å². The molecule has 4 rings (SSSR count). The average molecular weight is 338 g/mol. The van der Waals surface area contributed by atoms with E-state index in [2.05, 4.69) is 9.98 Å². The van der Waals surface area contributed by atoms with Crippen molar-refractivity contribution in [1.29, 1.82) is 0 Å². The molecule has 7 nitrogen and oxygen atoms in total. The zero-order valence-corrected chi connectivity index (χ0v) is 14.7. The Morgan fingerprint density at radius 2 is 1.92 bits per heavy atom. The maximum absolute atomic E-state index is 13.2. The third-order valence-electron chi connectivity index (χ3n) is 5.11. The first-order chi connectivity index (χ1) is 11.9. The minimum atomic E-state index is -0.591. The van der Waals surface area contributed by atoms with Gasteiger partial charge >= 0.3 is 12.0 Å². The molecular weight excluding hydrogens is 318 g/mol. The highest BCUT2D eigenvalue weighted by Gasteiger charge is 2.53. The van der Waals surface area contributed by atoms with Gasteiger partial charge in [-0.3, -0.25) is 14.6 Å². The largest absolute Gasteiger partial charge is 0.399 e. The number of aromatic amines is 1. The Hall–Kier alpha value is -2.96. The molecule has 3 amide bonds. The standard InChI is InChI=1S/C18H19N5O2/c1-10-7-5-6-8-13(10)9-22-16(24)14-15(21(4)18(22)25)20-17-19-11(2)12(3)23(14)17/h5-8,14H,9H2,1-4H3/p+1. The van der Waals surface area contributed by atoms with Crippen LogP contribution in [0.25, 0.3) is 0 Å². The van der Waals surface area contributed by atoms with Gasteiger partial charge in [-0.15, -0.1) is 0 Å². The van der Waals surface area contributed by atoms with Crippen molar-refractivity contribution in [2.45, 2.75) is 33.4 Å². The van der Waals surface area contributed by atoms with E-state index in [-0.39, 0.29) is 18.5 Å². The smallest absolute Gasteiger partial charge is 0.270 e. The number of aryl methyl sites for hydroxylation is 2. The molecule has 0 aliphatic carbocycles. The molecule has 1 N–H and O–H groups in total. The minimum absolute atomic E-state index is 0.240. The van der Waals surface area contributed by atoms with E-state index in [0.29, 0.717) is 11.8 Å². The van der Waals surface area contributed by atoms with E-state index in [1.807, 2.05) is 49.6 Å². The number of aromatic nitrogens is 2. The number of hydrogen-bond donors (Lipinski definition) is 1. The van der Waals surface area contributed by atoms with Crippen LogP contribution in [-0.4, -0.2) is 39.6 Å². The molecule has 128 valence electrons. The number of imide groups is 1. The van der Waals surface area contributed by atoms with Gasteiger partial charge in [0.15, 0.2) is 0 Å². The van der Waals surface area contributed by atoms with Gasteiger partial charge in [-0.2, -0.15) is 0 Å². The van der Waals surface area contributed by atoms with Crippen LogP contribution >= 0.6 is 0 Å². The van der Waals surface area contributed by atoms with Gasteiger partial charge in [0, 0.05) is 7.05 Å². The zero-order chi connectivity index (χ0) is 17.9. The summed E-state index contributed by atoms with van der Waals surface area (Å²) < 4.78 is 1.88. The van der Waals surface area contributed by atoms with Crippen LogP contribution in [0.2, 0.25) is 0 Å². The minimum Gasteiger partial charge on any atom is -0.270 e. The molecule has 1 fully saturated rings. The molecule has 0 saturated carbocycles. The quantitative estimate of drug-likeness (QED) is 0.850. The Balaban J connectivity index is 1.76. The maximum Gasteiger partial charge on any atom is 0.399 e. The summed E-state index contributed by atoms with van der Waals surface area (Å²) >= 11 is 0. The predicted molar refractivity (Wildman–Crippen MR) is 91.5 cm³/mol. The normalized spacial score (nSPS) is 19.2. The van der Waals surface area contributed by atoms with Gasteiger partial charge in [0.2, 0.25) is 11.9 Å². The SMILES string of the molecule is Cc1ccccc1CN1C(=O)C2C(=Nc3[nH]c(C)c(C)[n+]32)N(C)C1=O. The second-order valence-corrected chi connectivity index (χ2v) is 6.59. The number of amides is 3. The average Bonchev–Trinajstić information content (AvgIpc) is 3.08. The number of H-pyrrole nitrogens is 1. The van der Waals surface area contributed by atoms with Gasteiger partial charge in [-0.1, -0.05) is 29.3 Å². The Bertz CT molecular complexity index is 943. The van der Waals surface area contributed by atoms with Gasteiger partial charge in [0.05, 0.1) is 6.54 Å². The first kappa shape index (κ1) is 15.6. The van der Waals surface area contributed by atoms with E-state index in [4.69, 9.17) is 0 Å². The van der Waals surface area contributed by atoms with Crippen molar-refractivity contribution in [2.75, 3.05) is 7.05 Å². The molecule has 1 saturated heterocycles. The number of benzene rings is 1. The summed E-state index contributed by atoms with van der Waals surface area (Å²) in [6.07, 6.45) is 0. The highest BCUT2D eigenvalue weighted by molar-refractivity contribution is 6.19. The lowest BCUT2D eigenvalue weighted by atomic mass is 10.1. The Morgan fingerprint density at radius 1 is 1.20 bits per heavy atom. The van der Waals surface area contributed by atoms with Crippen LogP contribution in [0.5, 0.6) is 0 Å². The van der Waals surface area contributed by atoms with Gasteiger partial charge < -0.3 is 0 Å². The number of hydrogen-bond acceptors (Lipinski definition) is 3. The number of nitrogens with zero attached hydrogens (tertiary/aromatic N) is 4. The van der Waals surface area contributed by atoms with Crippen LogP contribution in [0.4, 0.5) is 10.7 Å². The molecular formula is C18H20N5O2+. The van der Waals surface area contributed by atoms with Crippen LogP contribution in [-0.2, 0) is 11.3 Å². The fourth-order valence-electron chi connectivity index (χ4n) is 3.44. The molecule has 25 heavy (non-hydrogen) atoms. The molecule has 1 atom stereocenters. The molecule has 2 aliphatic heterocycles. The maximum atomic E-state index is 13.2. The fraction of sp³-hybridized carbons (Fsp3) is 0.333. The molecule has 0 bridgehead atoms. The Kier molecular flexibility index (Phi) is 3.28. The van der Waals surface area contributed by atoms with E-state index in [1.54, 1.807) is 7.05 Å². The number of urea groups is 1. The number of amidine groups is 1. The molecule has 1 unspecified atom stereocenters. The van der Waals surface area contributed by atoms with Crippen LogP contribution in [0.3, 0.4) is 0 Å². The first-order valence-electron chi connectivity index (χ1n) is 8.23. The van der Waals surface area contributed by atoms with E-state index < -0.39 is 6.04 Å². The lowest BCUT2D eigenvalue weighted by molar-refractivity contribution is -0.682. The van der Waals surface area contributed by atoms with Crippen LogP contribution in [0, 0.1) is 20.8 Å². The monoisotopic (exact) mass is 338 g/mol. The number of nitrogens with one attached hydrogen (secondary N) is 1. The molecule has 0 radical (unpaired) electrons. The van der Waals surface area contributed by atoms with Crippen molar-refractivity contribution in [3.05, 3.63) is 46.8 Å². The highest BCUT2D eigenvalue weighted by atomic mass is 16.2. The third-order valence-corrected chi connectivity index (χ3v) is 5.11. The number of likely N-dealkylation sites (N-methyl/N-ethyl adjacent to an activating group) is 1. The summed E-state index contributed by atoms with van der Waals surface area (Å²) in [4.78, 5) is 36.4. The zero-order valence-electron chi connectivity index (χ0n) is 14.7. The number of aliphatic imine (C=N–C) groups is 1. The van der Waals surface area contributed by atoms with Gasteiger partial charge in [0.25, 0.3) is 5.91 Å². The number of rotatable bonds is 2. The third kappa shape index (κ3) is 2.12. The molecule has 2 aliphatic rings. The second kappa shape index (κ2) is 5.27. The van der Waals surface area contributed by atoms with Crippen molar-refractivity contribution in [3.8, 4) is 0 Å². The van der Waals surface area contributed by atoms with E-state index in [0.717, 1.165) is 22.5 Å². The van der Waals surface area contributed by atoms with Crippen molar-refractivity contribution >= 4 is 23.7 Å². The highest BCUT2D eigenvalue weighted by Crippen LogP contribution is 2.29. The molecule has 2 aromatic rings. The molecule has 1 aromatic heterocycles. The first-order valence-corrected chi connectivity index (χ1v) is 8.23. The van der Waals surface area contributed by atoms with E-state index >= 15 is 0 Å². The predicted octanol–water partition coefficient (Wildman–Crippen LogP) is 1.91. The van der Waals surface area contributed by atoms with Gasteiger partial charge in [0.1, 0.15) is 11.4 Å². The summed E-state index contributed by atoms with van der Waals surface area (Å²) in [5.41, 5.74) is 3.93. The van der Waals surface area contributed by atoms with Crippen molar-refractivity contribution in [3.63, 3.8) is 0 Å². The summed E-state index contributed by atoms with van der Waals surface area (Å²) in [5.74, 6) is 0.849. The molecule has 1 aromatic carbocycles. The summed E-state index contributed by atoms with van der Waals surface area (Å²) in [6, 6.07) is 6.85. The van der Waals surface area contributed by atoms with Gasteiger partial charge in [-0.25, -0.2) is 14.3 Å². The van der Waals surface area contributed by atoms with Crippen molar-refractivity contribution < 1.29 is 14.2 Å². The van der Waals surface area contributed by atoms with Crippen LogP contribution in [0.15, 0.2) is 29.3 Å². The molecule has 3 heterocycles. The lowest BCUT2D eigenvalue weighted by Crippen LogP contribution is -2.63. The van der Waals surface area contributed by atoms with Crippen LogP contribution < -0.4 is 4.57 Å². The van der Waals surface area contributed by atoms with Gasteiger partial charge in [-0.05, 0) is 31.9 Å². The Labute approximate surface area is 145 Å². The summed E-state index contributed by atoms with van der Waals surface area (Å²) in [6.45, 7) is 6.13. The van der Waals surface area contributed by atoms with Crippen molar-refractivity contribution in [2.24, 2.45) is 4.99 Å². The molecule has 0 spiro atoms. The number of carbonyl (C=O) groups is 2. The lowest BCUT2D eigenvalue weighted by Gasteiger charge is -2.33. The van der Waals surface area contributed by atoms with Crippen molar-refractivity contribution in [1.82, 2.24) is 14.8 Å². The van der Waals surface area contributed by atoms with E-state index in [9.17, 15) is 9.59 Å².